The van der Waals surface area contributed by atoms with Crippen molar-refractivity contribution < 1.29 is 22.7 Å². The Hall–Kier alpha value is -1.48. The van der Waals surface area contributed by atoms with Gasteiger partial charge < -0.3 is 14.8 Å². The average molecular weight is 397 g/mol. The zero-order chi connectivity index (χ0) is 19.4. The summed E-state index contributed by atoms with van der Waals surface area (Å²) in [5.74, 6) is -0.193. The summed E-state index contributed by atoms with van der Waals surface area (Å²) >= 11 is 0. The quantitative estimate of drug-likeness (QED) is 0.792. The SMILES string of the molecule is CCN(CC)S(=O)(=O)c1ccc(C(=O)N[C@@H]2CC[C@@H]3OCCO[C@H]3C2)cc1. The summed E-state index contributed by atoms with van der Waals surface area (Å²) in [5, 5.41) is 3.04. The lowest BCUT2D eigenvalue weighted by Crippen LogP contribution is -2.49. The van der Waals surface area contributed by atoms with Gasteiger partial charge in [-0.15, -0.1) is 0 Å². The molecule has 150 valence electrons. The van der Waals surface area contributed by atoms with E-state index in [-0.39, 0.29) is 29.1 Å². The van der Waals surface area contributed by atoms with Gasteiger partial charge in [0.15, 0.2) is 0 Å². The van der Waals surface area contributed by atoms with Gasteiger partial charge in [-0.3, -0.25) is 4.79 Å². The Morgan fingerprint density at radius 1 is 1.07 bits per heavy atom. The first-order valence-electron chi connectivity index (χ1n) is 9.60. The molecule has 1 amide bonds. The lowest BCUT2D eigenvalue weighted by molar-refractivity contribution is -0.157. The number of carbonyl (C=O) groups excluding carboxylic acids is 1. The van der Waals surface area contributed by atoms with Gasteiger partial charge >= 0.3 is 0 Å². The van der Waals surface area contributed by atoms with Gasteiger partial charge in [-0.25, -0.2) is 8.42 Å². The molecule has 0 radical (unpaired) electrons. The lowest BCUT2D eigenvalue weighted by Gasteiger charge is -2.39. The van der Waals surface area contributed by atoms with Crippen LogP contribution in [0, 0.1) is 0 Å². The fourth-order valence-electron chi connectivity index (χ4n) is 3.76. The number of hydrogen-bond acceptors (Lipinski definition) is 5. The number of nitrogens with zero attached hydrogens (tertiary/aromatic N) is 1. The van der Waals surface area contributed by atoms with E-state index in [2.05, 4.69) is 5.32 Å². The summed E-state index contributed by atoms with van der Waals surface area (Å²) in [5.41, 5.74) is 0.455. The number of sulfonamides is 1. The number of hydrogen-bond donors (Lipinski definition) is 1. The van der Waals surface area contributed by atoms with Gasteiger partial charge in [-0.05, 0) is 43.5 Å². The van der Waals surface area contributed by atoms with E-state index in [1.165, 1.54) is 16.4 Å². The van der Waals surface area contributed by atoms with Crippen LogP contribution < -0.4 is 5.32 Å². The first kappa shape index (κ1) is 20.3. The van der Waals surface area contributed by atoms with Gasteiger partial charge in [-0.2, -0.15) is 4.31 Å². The maximum Gasteiger partial charge on any atom is 0.251 e. The minimum atomic E-state index is -3.51. The van der Waals surface area contributed by atoms with Crippen LogP contribution in [0.1, 0.15) is 43.5 Å². The van der Waals surface area contributed by atoms with E-state index in [0.29, 0.717) is 31.9 Å². The van der Waals surface area contributed by atoms with Gasteiger partial charge in [0.2, 0.25) is 10.0 Å². The molecule has 1 aromatic carbocycles. The Bertz CT molecular complexity index is 746. The molecule has 3 atom stereocenters. The molecule has 1 heterocycles. The molecule has 8 heteroatoms. The van der Waals surface area contributed by atoms with Crippen LogP contribution >= 0.6 is 0 Å². The molecule has 0 spiro atoms. The molecule has 0 aromatic heterocycles. The van der Waals surface area contributed by atoms with E-state index in [4.69, 9.17) is 9.47 Å². The average Bonchev–Trinajstić information content (AvgIpc) is 2.68. The largest absolute Gasteiger partial charge is 0.373 e. The maximum absolute atomic E-state index is 12.5. The third-order valence-corrected chi connectivity index (χ3v) is 7.34. The molecule has 1 saturated heterocycles. The van der Waals surface area contributed by atoms with E-state index < -0.39 is 10.0 Å². The highest BCUT2D eigenvalue weighted by atomic mass is 32.2. The minimum Gasteiger partial charge on any atom is -0.373 e. The topological polar surface area (TPSA) is 84.9 Å². The Labute approximate surface area is 161 Å². The number of amides is 1. The van der Waals surface area contributed by atoms with Crippen LogP contribution in [-0.2, 0) is 19.5 Å². The van der Waals surface area contributed by atoms with Crippen molar-refractivity contribution >= 4 is 15.9 Å². The third kappa shape index (κ3) is 4.51. The highest BCUT2D eigenvalue weighted by molar-refractivity contribution is 7.89. The summed E-state index contributed by atoms with van der Waals surface area (Å²) in [7, 11) is -3.51. The van der Waals surface area contributed by atoms with Crippen molar-refractivity contribution in [1.82, 2.24) is 9.62 Å². The monoisotopic (exact) mass is 396 g/mol. The van der Waals surface area contributed by atoms with Gasteiger partial charge in [0.1, 0.15) is 0 Å². The van der Waals surface area contributed by atoms with Crippen LogP contribution in [0.4, 0.5) is 0 Å². The van der Waals surface area contributed by atoms with Crippen molar-refractivity contribution in [2.45, 2.75) is 56.3 Å². The molecule has 1 aliphatic heterocycles. The third-order valence-electron chi connectivity index (χ3n) is 5.27. The summed E-state index contributed by atoms with van der Waals surface area (Å²) in [6.45, 7) is 5.68. The molecule has 2 fully saturated rings. The molecule has 27 heavy (non-hydrogen) atoms. The number of nitrogens with one attached hydrogen (secondary N) is 1. The minimum absolute atomic E-state index is 0.0411. The number of carbonyl (C=O) groups is 1. The Morgan fingerprint density at radius 3 is 2.33 bits per heavy atom. The zero-order valence-electron chi connectivity index (χ0n) is 15.9. The fourth-order valence-corrected chi connectivity index (χ4v) is 5.22. The fraction of sp³-hybridized carbons (Fsp3) is 0.632. The molecule has 0 unspecified atom stereocenters. The van der Waals surface area contributed by atoms with Crippen molar-refractivity contribution in [3.8, 4) is 0 Å². The predicted octanol–water partition coefficient (Wildman–Crippen LogP) is 1.78. The second kappa shape index (κ2) is 8.68. The predicted molar refractivity (Wildman–Crippen MR) is 101 cm³/mol. The summed E-state index contributed by atoms with van der Waals surface area (Å²) in [6.07, 6.45) is 2.64. The highest BCUT2D eigenvalue weighted by Gasteiger charge is 2.34. The van der Waals surface area contributed by atoms with E-state index in [0.717, 1.165) is 19.3 Å². The molecular formula is C19H28N2O5S. The molecule has 7 nitrogen and oxygen atoms in total. The summed E-state index contributed by atoms with van der Waals surface area (Å²) in [6, 6.07) is 6.17. The van der Waals surface area contributed by atoms with Gasteiger partial charge in [-0.1, -0.05) is 13.8 Å². The second-order valence-corrected chi connectivity index (χ2v) is 8.85. The molecule has 3 rings (SSSR count). The first-order chi connectivity index (χ1) is 13.0. The number of benzene rings is 1. The molecule has 1 N–H and O–H groups in total. The standard InChI is InChI=1S/C19H28N2O5S/c1-3-21(4-2)27(23,24)16-8-5-14(6-9-16)19(22)20-15-7-10-17-18(13-15)26-12-11-25-17/h5-6,8-9,15,17-18H,3-4,7,10-13H2,1-2H3,(H,20,22)/t15-,17+,18+/m1/s1. The Morgan fingerprint density at radius 2 is 1.70 bits per heavy atom. The number of ether oxygens (including phenoxy) is 2. The van der Waals surface area contributed by atoms with E-state index in [9.17, 15) is 13.2 Å². The molecule has 2 aliphatic rings. The molecule has 1 saturated carbocycles. The van der Waals surface area contributed by atoms with E-state index in [1.54, 1.807) is 26.0 Å². The summed E-state index contributed by atoms with van der Waals surface area (Å²) in [4.78, 5) is 12.7. The van der Waals surface area contributed by atoms with E-state index in [1.807, 2.05) is 0 Å². The highest BCUT2D eigenvalue weighted by Crippen LogP contribution is 2.27. The zero-order valence-corrected chi connectivity index (χ0v) is 16.7. The molecule has 0 bridgehead atoms. The Kier molecular flexibility index (Phi) is 6.52. The number of rotatable bonds is 6. The van der Waals surface area contributed by atoms with Crippen molar-refractivity contribution in [2.24, 2.45) is 0 Å². The van der Waals surface area contributed by atoms with Crippen LogP contribution in [0.5, 0.6) is 0 Å². The molecular weight excluding hydrogens is 368 g/mol. The van der Waals surface area contributed by atoms with Crippen LogP contribution in [0.3, 0.4) is 0 Å². The van der Waals surface area contributed by atoms with Crippen molar-refractivity contribution in [3.63, 3.8) is 0 Å². The van der Waals surface area contributed by atoms with Crippen molar-refractivity contribution in [1.29, 1.82) is 0 Å². The van der Waals surface area contributed by atoms with E-state index >= 15 is 0 Å². The normalized spacial score (nSPS) is 25.8. The van der Waals surface area contributed by atoms with Gasteiger partial charge in [0.25, 0.3) is 5.91 Å². The van der Waals surface area contributed by atoms with Crippen LogP contribution in [0.25, 0.3) is 0 Å². The number of fused-ring (bicyclic) bond motifs is 1. The van der Waals surface area contributed by atoms with Gasteiger partial charge in [0.05, 0.1) is 30.3 Å². The van der Waals surface area contributed by atoms with Crippen LogP contribution in [0.15, 0.2) is 29.2 Å². The second-order valence-electron chi connectivity index (χ2n) is 6.92. The molecule has 1 aliphatic carbocycles. The van der Waals surface area contributed by atoms with Crippen molar-refractivity contribution in [3.05, 3.63) is 29.8 Å². The maximum atomic E-state index is 12.5. The van der Waals surface area contributed by atoms with Crippen LogP contribution in [-0.4, -0.2) is 63.2 Å². The Balaban J connectivity index is 1.62. The van der Waals surface area contributed by atoms with Crippen molar-refractivity contribution in [2.75, 3.05) is 26.3 Å². The van der Waals surface area contributed by atoms with Gasteiger partial charge in [0, 0.05) is 24.7 Å². The van der Waals surface area contributed by atoms with Crippen LogP contribution in [0.2, 0.25) is 0 Å². The first-order valence-corrected chi connectivity index (χ1v) is 11.0. The summed E-state index contributed by atoms with van der Waals surface area (Å²) < 4.78 is 37.9. The lowest BCUT2D eigenvalue weighted by atomic mass is 9.89. The smallest absolute Gasteiger partial charge is 0.251 e. The molecule has 1 aromatic rings.